The molecule has 0 heterocycles. The van der Waals surface area contributed by atoms with E-state index >= 15 is 0 Å². The highest BCUT2D eigenvalue weighted by Crippen LogP contribution is 2.32. The molecule has 1 aromatic rings. The number of hydrogen-bond acceptors (Lipinski definition) is 4. The third-order valence-electron chi connectivity index (χ3n) is 3.75. The number of carboxylic acids is 1. The summed E-state index contributed by atoms with van der Waals surface area (Å²) >= 11 is 0. The lowest BCUT2D eigenvalue weighted by Crippen LogP contribution is -2.34. The van der Waals surface area contributed by atoms with Gasteiger partial charge in [-0.05, 0) is 25.0 Å². The Morgan fingerprint density at radius 2 is 1.82 bits per heavy atom. The average molecular weight is 305 g/mol. The summed E-state index contributed by atoms with van der Waals surface area (Å²) in [7, 11) is 3.03. The topological polar surface area (TPSA) is 84.9 Å². The highest BCUT2D eigenvalue weighted by Gasteiger charge is 2.34. The maximum atomic E-state index is 12.4. The van der Waals surface area contributed by atoms with Crippen molar-refractivity contribution in [3.63, 3.8) is 0 Å². The van der Waals surface area contributed by atoms with E-state index in [4.69, 9.17) is 9.47 Å². The summed E-state index contributed by atoms with van der Waals surface area (Å²) in [5.74, 6) is -1.49. The third-order valence-corrected chi connectivity index (χ3v) is 3.75. The third kappa shape index (κ3) is 3.39. The summed E-state index contributed by atoms with van der Waals surface area (Å²) < 4.78 is 10.3. The molecule has 2 N–H and O–H groups in total. The molecule has 2 unspecified atom stereocenters. The molecule has 22 heavy (non-hydrogen) atoms. The van der Waals surface area contributed by atoms with Crippen molar-refractivity contribution in [2.45, 2.75) is 12.8 Å². The van der Waals surface area contributed by atoms with Crippen LogP contribution in [0.1, 0.15) is 12.8 Å². The minimum Gasteiger partial charge on any atom is -0.497 e. The maximum absolute atomic E-state index is 12.4. The van der Waals surface area contributed by atoms with Crippen LogP contribution in [0.5, 0.6) is 11.5 Å². The Labute approximate surface area is 128 Å². The van der Waals surface area contributed by atoms with E-state index in [0.717, 1.165) is 0 Å². The second kappa shape index (κ2) is 6.98. The van der Waals surface area contributed by atoms with Gasteiger partial charge in [-0.1, -0.05) is 12.2 Å². The predicted molar refractivity (Wildman–Crippen MR) is 81.2 cm³/mol. The number of carbonyl (C=O) groups is 2. The first-order valence-corrected chi connectivity index (χ1v) is 6.97. The molecule has 0 saturated carbocycles. The first kappa shape index (κ1) is 15.9. The van der Waals surface area contributed by atoms with Crippen LogP contribution in [-0.4, -0.2) is 31.2 Å². The number of nitrogens with one attached hydrogen (secondary N) is 1. The van der Waals surface area contributed by atoms with E-state index in [-0.39, 0.29) is 5.91 Å². The Balaban J connectivity index is 2.17. The molecule has 0 spiro atoms. The number of aliphatic carboxylic acids is 1. The van der Waals surface area contributed by atoms with Crippen molar-refractivity contribution in [1.82, 2.24) is 0 Å². The number of amides is 1. The zero-order chi connectivity index (χ0) is 16.1. The van der Waals surface area contributed by atoms with Crippen LogP contribution < -0.4 is 14.8 Å². The zero-order valence-corrected chi connectivity index (χ0v) is 12.5. The van der Waals surface area contributed by atoms with Crippen LogP contribution in [-0.2, 0) is 9.59 Å². The molecule has 2 atom stereocenters. The van der Waals surface area contributed by atoms with Gasteiger partial charge in [0.25, 0.3) is 0 Å². The van der Waals surface area contributed by atoms with E-state index in [9.17, 15) is 14.7 Å². The number of carboxylic acid groups (broad SMARTS) is 1. The fourth-order valence-corrected chi connectivity index (χ4v) is 2.50. The number of carbonyl (C=O) groups excluding carboxylic acids is 1. The van der Waals surface area contributed by atoms with Gasteiger partial charge in [0.2, 0.25) is 5.91 Å². The van der Waals surface area contributed by atoms with Gasteiger partial charge in [-0.3, -0.25) is 9.59 Å². The van der Waals surface area contributed by atoms with Crippen molar-refractivity contribution < 1.29 is 24.2 Å². The molecule has 0 saturated heterocycles. The second-order valence-corrected chi connectivity index (χ2v) is 5.05. The van der Waals surface area contributed by atoms with Crippen molar-refractivity contribution in [3.05, 3.63) is 30.4 Å². The van der Waals surface area contributed by atoms with Gasteiger partial charge in [-0.15, -0.1) is 0 Å². The molecule has 0 aliphatic heterocycles. The Bertz CT molecular complexity index is 596. The number of allylic oxidation sites excluding steroid dienone is 2. The van der Waals surface area contributed by atoms with Gasteiger partial charge in [0.1, 0.15) is 11.5 Å². The van der Waals surface area contributed by atoms with Crippen LogP contribution >= 0.6 is 0 Å². The average Bonchev–Trinajstić information content (AvgIpc) is 2.55. The van der Waals surface area contributed by atoms with Crippen LogP contribution in [0.4, 0.5) is 5.69 Å². The van der Waals surface area contributed by atoms with E-state index in [1.165, 1.54) is 7.11 Å². The molecule has 6 heteroatoms. The molecule has 1 amide bonds. The van der Waals surface area contributed by atoms with Crippen LogP contribution in [0.25, 0.3) is 0 Å². The van der Waals surface area contributed by atoms with Gasteiger partial charge in [-0.2, -0.15) is 0 Å². The van der Waals surface area contributed by atoms with Gasteiger partial charge in [0, 0.05) is 6.07 Å². The molecule has 0 radical (unpaired) electrons. The summed E-state index contributed by atoms with van der Waals surface area (Å²) in [4.78, 5) is 23.7. The van der Waals surface area contributed by atoms with Crippen molar-refractivity contribution >= 4 is 17.6 Å². The maximum Gasteiger partial charge on any atom is 0.307 e. The molecular weight excluding hydrogens is 286 g/mol. The predicted octanol–water partition coefficient (Wildman–Crippen LogP) is 2.31. The van der Waals surface area contributed by atoms with E-state index in [1.807, 2.05) is 6.08 Å². The van der Waals surface area contributed by atoms with Crippen LogP contribution in [0.3, 0.4) is 0 Å². The largest absolute Gasteiger partial charge is 0.497 e. The van der Waals surface area contributed by atoms with Crippen molar-refractivity contribution in [3.8, 4) is 11.5 Å². The summed E-state index contributed by atoms with van der Waals surface area (Å²) in [5.41, 5.74) is 0.493. The van der Waals surface area contributed by atoms with Crippen LogP contribution in [0.15, 0.2) is 30.4 Å². The Hall–Kier alpha value is -2.50. The molecule has 0 fully saturated rings. The monoisotopic (exact) mass is 305 g/mol. The van der Waals surface area contributed by atoms with Gasteiger partial charge >= 0.3 is 5.97 Å². The van der Waals surface area contributed by atoms with E-state index in [1.54, 1.807) is 31.4 Å². The fraction of sp³-hybridized carbons (Fsp3) is 0.375. The number of rotatable bonds is 5. The van der Waals surface area contributed by atoms with Gasteiger partial charge < -0.3 is 19.9 Å². The number of ether oxygens (including phenoxy) is 2. The summed E-state index contributed by atoms with van der Waals surface area (Å²) in [6.07, 6.45) is 4.43. The molecule has 1 aromatic carbocycles. The van der Waals surface area contributed by atoms with Crippen LogP contribution in [0.2, 0.25) is 0 Å². The number of anilines is 1. The quantitative estimate of drug-likeness (QED) is 0.815. The molecule has 0 bridgehead atoms. The van der Waals surface area contributed by atoms with Crippen LogP contribution in [0, 0.1) is 11.8 Å². The molecular formula is C16H19NO5. The lowest BCUT2D eigenvalue weighted by molar-refractivity contribution is -0.146. The zero-order valence-electron chi connectivity index (χ0n) is 12.5. The minimum atomic E-state index is -0.953. The van der Waals surface area contributed by atoms with E-state index in [0.29, 0.717) is 30.0 Å². The smallest absolute Gasteiger partial charge is 0.307 e. The highest BCUT2D eigenvalue weighted by molar-refractivity contribution is 5.96. The van der Waals surface area contributed by atoms with E-state index in [2.05, 4.69) is 5.32 Å². The molecule has 2 rings (SSSR count). The summed E-state index contributed by atoms with van der Waals surface area (Å²) in [5, 5.41) is 12.0. The number of hydrogen-bond donors (Lipinski definition) is 2. The Morgan fingerprint density at radius 3 is 2.41 bits per heavy atom. The lowest BCUT2D eigenvalue weighted by Gasteiger charge is -2.24. The number of benzene rings is 1. The normalized spacial score (nSPS) is 20.3. The Morgan fingerprint density at radius 1 is 1.14 bits per heavy atom. The van der Waals surface area contributed by atoms with Crippen molar-refractivity contribution in [1.29, 1.82) is 0 Å². The fourth-order valence-electron chi connectivity index (χ4n) is 2.50. The minimum absolute atomic E-state index is 0.319. The van der Waals surface area contributed by atoms with Crippen molar-refractivity contribution in [2.24, 2.45) is 11.8 Å². The number of methoxy groups -OCH3 is 2. The summed E-state index contributed by atoms with van der Waals surface area (Å²) in [6.45, 7) is 0. The SMILES string of the molecule is COc1ccc(NC(=O)C2CC=CCC2C(=O)O)c(OC)c1. The standard InChI is InChI=1S/C16H19NO5/c1-21-10-7-8-13(14(9-10)22-2)17-15(18)11-5-3-4-6-12(11)16(19)20/h3-4,7-9,11-12H,5-6H2,1-2H3,(H,17,18)(H,19,20). The second-order valence-electron chi connectivity index (χ2n) is 5.05. The first-order valence-electron chi connectivity index (χ1n) is 6.97. The molecule has 118 valence electrons. The molecule has 6 nitrogen and oxygen atoms in total. The van der Waals surface area contributed by atoms with Gasteiger partial charge in [0.15, 0.2) is 0 Å². The van der Waals surface area contributed by atoms with Gasteiger partial charge in [-0.25, -0.2) is 0 Å². The lowest BCUT2D eigenvalue weighted by atomic mass is 9.82. The molecule has 0 aromatic heterocycles. The molecule has 1 aliphatic rings. The summed E-state index contributed by atoms with van der Waals surface area (Å²) in [6, 6.07) is 5.03. The Kier molecular flexibility index (Phi) is 5.04. The van der Waals surface area contributed by atoms with Crippen molar-refractivity contribution in [2.75, 3.05) is 19.5 Å². The highest BCUT2D eigenvalue weighted by atomic mass is 16.5. The molecule has 1 aliphatic carbocycles. The first-order chi connectivity index (χ1) is 10.6. The van der Waals surface area contributed by atoms with Gasteiger partial charge in [0.05, 0.1) is 31.7 Å². The van der Waals surface area contributed by atoms with E-state index < -0.39 is 17.8 Å².